The number of halogens is 2. The molecule has 16 heavy (non-hydrogen) atoms. The van der Waals surface area contributed by atoms with Crippen molar-refractivity contribution in [2.75, 3.05) is 13.2 Å². The van der Waals surface area contributed by atoms with E-state index in [1.54, 1.807) is 18.2 Å². The highest BCUT2D eigenvalue weighted by molar-refractivity contribution is 6.35. The average Bonchev–Trinajstić information content (AvgIpc) is 2.26. The maximum Gasteiger partial charge on any atom is 0.138 e. The van der Waals surface area contributed by atoms with Crippen LogP contribution in [0.4, 0.5) is 0 Å². The first-order chi connectivity index (χ1) is 7.63. The van der Waals surface area contributed by atoms with Crippen LogP contribution in [0.2, 0.25) is 10.0 Å². The van der Waals surface area contributed by atoms with Crippen LogP contribution in [0.1, 0.15) is 20.3 Å². The highest BCUT2D eigenvalue weighted by atomic mass is 35.5. The summed E-state index contributed by atoms with van der Waals surface area (Å²) >= 11 is 11.8. The van der Waals surface area contributed by atoms with Crippen LogP contribution in [0, 0.1) is 0 Å². The fraction of sp³-hybridized carbons (Fsp3) is 0.500. The Morgan fingerprint density at radius 2 is 2.12 bits per heavy atom. The van der Waals surface area contributed by atoms with E-state index < -0.39 is 0 Å². The molecule has 1 N–H and O–H groups in total. The summed E-state index contributed by atoms with van der Waals surface area (Å²) in [6, 6.07) is 5.75. The molecule has 1 unspecified atom stereocenters. The predicted octanol–water partition coefficient (Wildman–Crippen LogP) is 3.76. The Bertz CT molecular complexity index is 331. The van der Waals surface area contributed by atoms with Crippen LogP contribution < -0.4 is 10.1 Å². The second-order valence-electron chi connectivity index (χ2n) is 3.69. The van der Waals surface area contributed by atoms with Gasteiger partial charge in [-0.2, -0.15) is 0 Å². The molecule has 0 radical (unpaired) electrons. The Morgan fingerprint density at radius 3 is 2.75 bits per heavy atom. The van der Waals surface area contributed by atoms with Crippen LogP contribution in [-0.2, 0) is 0 Å². The van der Waals surface area contributed by atoms with E-state index in [-0.39, 0.29) is 0 Å². The number of hydrogen-bond acceptors (Lipinski definition) is 2. The third-order valence-electron chi connectivity index (χ3n) is 2.36. The van der Waals surface area contributed by atoms with Gasteiger partial charge in [0.2, 0.25) is 0 Å². The second kappa shape index (κ2) is 7.00. The van der Waals surface area contributed by atoms with E-state index >= 15 is 0 Å². The Morgan fingerprint density at radius 1 is 1.38 bits per heavy atom. The van der Waals surface area contributed by atoms with Crippen molar-refractivity contribution < 1.29 is 4.74 Å². The summed E-state index contributed by atoms with van der Waals surface area (Å²) in [6.07, 6.45) is 1.11. The number of ether oxygens (including phenoxy) is 1. The highest BCUT2D eigenvalue weighted by Gasteiger charge is 2.02. The smallest absolute Gasteiger partial charge is 0.138 e. The molecule has 1 rings (SSSR count). The minimum Gasteiger partial charge on any atom is -0.491 e. The molecule has 1 atom stereocenters. The van der Waals surface area contributed by atoms with E-state index in [9.17, 15) is 0 Å². The summed E-state index contributed by atoms with van der Waals surface area (Å²) in [5.74, 6) is 0.678. The van der Waals surface area contributed by atoms with Crippen LogP contribution in [0.3, 0.4) is 0 Å². The lowest BCUT2D eigenvalue weighted by Gasteiger charge is -2.12. The van der Waals surface area contributed by atoms with Crippen molar-refractivity contribution >= 4 is 23.2 Å². The van der Waals surface area contributed by atoms with Crippen molar-refractivity contribution in [3.63, 3.8) is 0 Å². The molecule has 0 amide bonds. The third-order valence-corrected chi connectivity index (χ3v) is 2.89. The monoisotopic (exact) mass is 261 g/mol. The zero-order valence-corrected chi connectivity index (χ0v) is 11.1. The fourth-order valence-corrected chi connectivity index (χ4v) is 1.67. The molecule has 1 aromatic carbocycles. The lowest BCUT2D eigenvalue weighted by molar-refractivity contribution is 0.306. The van der Waals surface area contributed by atoms with Gasteiger partial charge in [0.05, 0.1) is 5.02 Å². The molecule has 0 saturated heterocycles. The van der Waals surface area contributed by atoms with Gasteiger partial charge in [0.1, 0.15) is 12.4 Å². The molecule has 90 valence electrons. The van der Waals surface area contributed by atoms with Gasteiger partial charge in [-0.3, -0.25) is 0 Å². The summed E-state index contributed by atoms with van der Waals surface area (Å²) in [5.41, 5.74) is 0. The Balaban J connectivity index is 2.32. The standard InChI is InChI=1S/C12H17Cl2NO/c1-3-9(2)15-6-7-16-12-5-4-10(13)8-11(12)14/h4-5,8-9,15H,3,6-7H2,1-2H3. The van der Waals surface area contributed by atoms with Gasteiger partial charge < -0.3 is 10.1 Å². The molecule has 0 fully saturated rings. The quantitative estimate of drug-likeness (QED) is 0.788. The van der Waals surface area contributed by atoms with Crippen LogP contribution >= 0.6 is 23.2 Å². The number of benzene rings is 1. The van der Waals surface area contributed by atoms with Gasteiger partial charge in [-0.25, -0.2) is 0 Å². The molecule has 0 aliphatic rings. The summed E-state index contributed by atoms with van der Waals surface area (Å²) in [6.45, 7) is 5.71. The molecule has 2 nitrogen and oxygen atoms in total. The molecule has 0 aliphatic carbocycles. The van der Waals surface area contributed by atoms with E-state index in [0.29, 0.717) is 28.4 Å². The topological polar surface area (TPSA) is 21.3 Å². The normalized spacial score (nSPS) is 12.5. The predicted molar refractivity (Wildman–Crippen MR) is 69.7 cm³/mol. The minimum atomic E-state index is 0.518. The molecule has 1 aromatic rings. The number of nitrogens with one attached hydrogen (secondary N) is 1. The van der Waals surface area contributed by atoms with Crippen molar-refractivity contribution in [1.82, 2.24) is 5.32 Å². The Labute approximate surface area is 107 Å². The minimum absolute atomic E-state index is 0.518. The molecular formula is C12H17Cl2NO. The maximum absolute atomic E-state index is 5.97. The number of hydrogen-bond donors (Lipinski definition) is 1. The molecule has 0 aliphatic heterocycles. The summed E-state index contributed by atoms with van der Waals surface area (Å²) in [5, 5.41) is 4.51. The largest absolute Gasteiger partial charge is 0.491 e. The van der Waals surface area contributed by atoms with Gasteiger partial charge in [0.25, 0.3) is 0 Å². The Kier molecular flexibility index (Phi) is 5.96. The Hall–Kier alpha value is -0.440. The van der Waals surface area contributed by atoms with Gasteiger partial charge >= 0.3 is 0 Å². The molecule has 4 heteroatoms. The van der Waals surface area contributed by atoms with Crippen molar-refractivity contribution in [2.45, 2.75) is 26.3 Å². The first-order valence-corrected chi connectivity index (χ1v) is 6.20. The first-order valence-electron chi connectivity index (χ1n) is 5.44. The molecule has 0 heterocycles. The van der Waals surface area contributed by atoms with Crippen LogP contribution in [0.15, 0.2) is 18.2 Å². The lowest BCUT2D eigenvalue weighted by Crippen LogP contribution is -2.29. The van der Waals surface area contributed by atoms with Crippen LogP contribution in [-0.4, -0.2) is 19.2 Å². The van der Waals surface area contributed by atoms with Crippen LogP contribution in [0.5, 0.6) is 5.75 Å². The summed E-state index contributed by atoms with van der Waals surface area (Å²) < 4.78 is 5.53. The van der Waals surface area contributed by atoms with Crippen molar-refractivity contribution in [3.8, 4) is 5.75 Å². The van der Waals surface area contributed by atoms with Crippen molar-refractivity contribution in [1.29, 1.82) is 0 Å². The zero-order chi connectivity index (χ0) is 12.0. The lowest BCUT2D eigenvalue weighted by atomic mass is 10.3. The molecular weight excluding hydrogens is 245 g/mol. The van der Waals surface area contributed by atoms with Crippen molar-refractivity contribution in [2.24, 2.45) is 0 Å². The molecule has 0 aromatic heterocycles. The summed E-state index contributed by atoms with van der Waals surface area (Å²) in [7, 11) is 0. The fourth-order valence-electron chi connectivity index (χ4n) is 1.20. The summed E-state index contributed by atoms with van der Waals surface area (Å²) in [4.78, 5) is 0. The van der Waals surface area contributed by atoms with Gasteiger partial charge in [-0.05, 0) is 31.5 Å². The molecule has 0 bridgehead atoms. The third kappa shape index (κ3) is 4.60. The highest BCUT2D eigenvalue weighted by Crippen LogP contribution is 2.27. The van der Waals surface area contributed by atoms with Crippen LogP contribution in [0.25, 0.3) is 0 Å². The van der Waals surface area contributed by atoms with Crippen molar-refractivity contribution in [3.05, 3.63) is 28.2 Å². The number of rotatable bonds is 6. The van der Waals surface area contributed by atoms with Gasteiger partial charge in [-0.15, -0.1) is 0 Å². The SMILES string of the molecule is CCC(C)NCCOc1ccc(Cl)cc1Cl. The van der Waals surface area contributed by atoms with Gasteiger partial charge in [-0.1, -0.05) is 30.1 Å². The molecule has 0 saturated carbocycles. The van der Waals surface area contributed by atoms with Gasteiger partial charge in [0.15, 0.2) is 0 Å². The second-order valence-corrected chi connectivity index (χ2v) is 4.53. The maximum atomic E-state index is 5.97. The average molecular weight is 262 g/mol. The van der Waals surface area contributed by atoms with E-state index in [1.165, 1.54) is 0 Å². The zero-order valence-electron chi connectivity index (χ0n) is 9.59. The van der Waals surface area contributed by atoms with E-state index in [0.717, 1.165) is 13.0 Å². The van der Waals surface area contributed by atoms with Gasteiger partial charge in [0, 0.05) is 17.6 Å². The molecule has 0 spiro atoms. The van der Waals surface area contributed by atoms with E-state index in [4.69, 9.17) is 27.9 Å². The first kappa shape index (κ1) is 13.6. The van der Waals surface area contributed by atoms with E-state index in [2.05, 4.69) is 19.2 Å². The van der Waals surface area contributed by atoms with E-state index in [1.807, 2.05) is 0 Å².